The van der Waals surface area contributed by atoms with Crippen molar-refractivity contribution in [2.45, 2.75) is 33.1 Å². The van der Waals surface area contributed by atoms with Crippen LogP contribution in [0.1, 0.15) is 38.9 Å². The summed E-state index contributed by atoms with van der Waals surface area (Å²) in [5.41, 5.74) is -0.200. The van der Waals surface area contributed by atoms with E-state index in [1.54, 1.807) is 11.9 Å². The van der Waals surface area contributed by atoms with E-state index in [-0.39, 0.29) is 23.9 Å². The van der Waals surface area contributed by atoms with Gasteiger partial charge < -0.3 is 15.2 Å². The second-order valence-corrected chi connectivity index (χ2v) is 4.85. The Morgan fingerprint density at radius 2 is 2.21 bits per heavy atom. The first-order valence-corrected chi connectivity index (χ1v) is 6.53. The molecule has 0 saturated heterocycles. The minimum Gasteiger partial charge on any atom is -0.355 e. The number of anilines is 1. The van der Waals surface area contributed by atoms with E-state index >= 15 is 0 Å². The number of nitrogens with one attached hydrogen (secondary N) is 2. The Balaban J connectivity index is 2.79. The molecule has 1 heterocycles. The predicted molar refractivity (Wildman–Crippen MR) is 75.5 cm³/mol. The first-order chi connectivity index (χ1) is 8.93. The van der Waals surface area contributed by atoms with Crippen LogP contribution in [-0.4, -0.2) is 36.0 Å². The lowest BCUT2D eigenvalue weighted by atomic mass is 10.2. The lowest BCUT2D eigenvalue weighted by Crippen LogP contribution is -2.36. The van der Waals surface area contributed by atoms with Gasteiger partial charge in [0.2, 0.25) is 5.91 Å². The van der Waals surface area contributed by atoms with Gasteiger partial charge in [0.25, 0.3) is 5.56 Å². The molecular weight excluding hydrogens is 244 g/mol. The molecule has 0 aliphatic rings. The average molecular weight is 266 g/mol. The first kappa shape index (κ1) is 15.2. The molecule has 6 heteroatoms. The number of hydrogen-bond acceptors (Lipinski definition) is 4. The number of aromatic amines is 1. The van der Waals surface area contributed by atoms with Crippen LogP contribution in [0, 0.1) is 0 Å². The van der Waals surface area contributed by atoms with Crippen LogP contribution in [0.15, 0.2) is 10.9 Å². The molecule has 1 rings (SSSR count). The lowest BCUT2D eigenvalue weighted by molar-refractivity contribution is -0.119. The maximum atomic E-state index is 11.6. The monoisotopic (exact) mass is 266 g/mol. The smallest absolute Gasteiger partial charge is 0.252 e. The third-order valence-corrected chi connectivity index (χ3v) is 2.64. The van der Waals surface area contributed by atoms with Gasteiger partial charge in [-0.1, -0.05) is 20.8 Å². The summed E-state index contributed by atoms with van der Waals surface area (Å²) in [4.78, 5) is 31.9. The zero-order chi connectivity index (χ0) is 14.4. The van der Waals surface area contributed by atoms with Crippen LogP contribution in [0.25, 0.3) is 0 Å². The van der Waals surface area contributed by atoms with Crippen molar-refractivity contribution in [2.75, 3.05) is 25.0 Å². The summed E-state index contributed by atoms with van der Waals surface area (Å²) in [5.74, 6) is 1.20. The molecule has 6 nitrogen and oxygen atoms in total. The molecule has 1 aromatic rings. The Bertz CT molecular complexity index is 482. The molecule has 0 fully saturated rings. The van der Waals surface area contributed by atoms with E-state index < -0.39 is 0 Å². The van der Waals surface area contributed by atoms with Gasteiger partial charge in [-0.15, -0.1) is 0 Å². The van der Waals surface area contributed by atoms with Crippen LogP contribution in [0.4, 0.5) is 5.82 Å². The van der Waals surface area contributed by atoms with E-state index in [0.717, 1.165) is 6.42 Å². The van der Waals surface area contributed by atoms with Crippen molar-refractivity contribution in [1.29, 1.82) is 0 Å². The van der Waals surface area contributed by atoms with Crippen LogP contribution >= 0.6 is 0 Å². The minimum atomic E-state index is -0.200. The molecule has 1 amide bonds. The SMILES string of the molecule is CCCNC(=O)CN(C)c1cc(=O)[nH]c(C(C)C)n1. The summed E-state index contributed by atoms with van der Waals surface area (Å²) in [7, 11) is 1.75. The van der Waals surface area contributed by atoms with Crippen molar-refractivity contribution >= 4 is 11.7 Å². The summed E-state index contributed by atoms with van der Waals surface area (Å²) in [5, 5.41) is 2.79. The normalized spacial score (nSPS) is 10.6. The van der Waals surface area contributed by atoms with E-state index in [9.17, 15) is 9.59 Å². The molecule has 2 N–H and O–H groups in total. The van der Waals surface area contributed by atoms with E-state index in [1.807, 2.05) is 20.8 Å². The Morgan fingerprint density at radius 3 is 2.79 bits per heavy atom. The molecule has 0 aliphatic heterocycles. The number of H-pyrrole nitrogens is 1. The highest BCUT2D eigenvalue weighted by Gasteiger charge is 2.11. The highest BCUT2D eigenvalue weighted by molar-refractivity contribution is 5.80. The fraction of sp³-hybridized carbons (Fsp3) is 0.615. The number of hydrogen-bond donors (Lipinski definition) is 2. The summed E-state index contributed by atoms with van der Waals surface area (Å²) in [6.45, 7) is 6.75. The summed E-state index contributed by atoms with van der Waals surface area (Å²) in [6.07, 6.45) is 0.899. The Labute approximate surface area is 113 Å². The molecule has 0 bridgehead atoms. The van der Waals surface area contributed by atoms with Crippen LogP contribution < -0.4 is 15.8 Å². The lowest BCUT2D eigenvalue weighted by Gasteiger charge is -2.18. The number of rotatable bonds is 6. The predicted octanol–water partition coefficient (Wildman–Crippen LogP) is 0.856. The zero-order valence-electron chi connectivity index (χ0n) is 12.0. The fourth-order valence-electron chi connectivity index (χ4n) is 1.55. The Kier molecular flexibility index (Phi) is 5.54. The van der Waals surface area contributed by atoms with Gasteiger partial charge >= 0.3 is 0 Å². The fourth-order valence-corrected chi connectivity index (χ4v) is 1.55. The van der Waals surface area contributed by atoms with E-state index in [0.29, 0.717) is 18.2 Å². The summed E-state index contributed by atoms with van der Waals surface area (Å²) < 4.78 is 0. The van der Waals surface area contributed by atoms with Crippen molar-refractivity contribution in [1.82, 2.24) is 15.3 Å². The molecule has 0 unspecified atom stereocenters. The molecule has 19 heavy (non-hydrogen) atoms. The van der Waals surface area contributed by atoms with Gasteiger partial charge in [0.05, 0.1) is 6.54 Å². The number of likely N-dealkylation sites (N-methyl/N-ethyl adjacent to an activating group) is 1. The van der Waals surface area contributed by atoms with Gasteiger partial charge in [0.15, 0.2) is 0 Å². The summed E-state index contributed by atoms with van der Waals surface area (Å²) in [6, 6.07) is 1.40. The summed E-state index contributed by atoms with van der Waals surface area (Å²) >= 11 is 0. The van der Waals surface area contributed by atoms with E-state index in [4.69, 9.17) is 0 Å². The second-order valence-electron chi connectivity index (χ2n) is 4.85. The van der Waals surface area contributed by atoms with E-state index in [1.165, 1.54) is 6.07 Å². The topological polar surface area (TPSA) is 78.1 Å². The molecule has 0 atom stereocenters. The number of carbonyl (C=O) groups is 1. The zero-order valence-corrected chi connectivity index (χ0v) is 12.0. The van der Waals surface area contributed by atoms with Gasteiger partial charge in [-0.3, -0.25) is 9.59 Å². The molecule has 106 valence electrons. The van der Waals surface area contributed by atoms with Gasteiger partial charge in [0, 0.05) is 25.6 Å². The third-order valence-electron chi connectivity index (χ3n) is 2.64. The van der Waals surface area contributed by atoms with Crippen LogP contribution in [-0.2, 0) is 4.79 Å². The first-order valence-electron chi connectivity index (χ1n) is 6.53. The van der Waals surface area contributed by atoms with Crippen LogP contribution in [0.2, 0.25) is 0 Å². The van der Waals surface area contributed by atoms with Crippen molar-refractivity contribution in [2.24, 2.45) is 0 Å². The molecule has 0 aromatic carbocycles. The number of amides is 1. The van der Waals surface area contributed by atoms with Crippen molar-refractivity contribution in [3.63, 3.8) is 0 Å². The average Bonchev–Trinajstić information content (AvgIpc) is 2.35. The maximum absolute atomic E-state index is 11.6. The third kappa shape index (κ3) is 4.73. The van der Waals surface area contributed by atoms with Crippen molar-refractivity contribution in [3.05, 3.63) is 22.2 Å². The number of aromatic nitrogens is 2. The molecule has 1 aromatic heterocycles. The standard InChI is InChI=1S/C13H22N4O2/c1-5-6-14-12(19)8-17(4)10-7-11(18)16-13(15-10)9(2)3/h7,9H,5-6,8H2,1-4H3,(H,14,19)(H,15,16,18). The second kappa shape index (κ2) is 6.92. The van der Waals surface area contributed by atoms with Gasteiger partial charge in [-0.2, -0.15) is 0 Å². The van der Waals surface area contributed by atoms with Gasteiger partial charge in [-0.25, -0.2) is 4.98 Å². The van der Waals surface area contributed by atoms with Gasteiger partial charge in [-0.05, 0) is 6.42 Å². The maximum Gasteiger partial charge on any atom is 0.252 e. The van der Waals surface area contributed by atoms with E-state index in [2.05, 4.69) is 15.3 Å². The van der Waals surface area contributed by atoms with Crippen molar-refractivity contribution < 1.29 is 4.79 Å². The molecule has 0 spiro atoms. The molecule has 0 saturated carbocycles. The number of nitrogens with zero attached hydrogens (tertiary/aromatic N) is 2. The Morgan fingerprint density at radius 1 is 1.53 bits per heavy atom. The molecule has 0 aliphatic carbocycles. The van der Waals surface area contributed by atoms with Crippen LogP contribution in [0.5, 0.6) is 0 Å². The largest absolute Gasteiger partial charge is 0.355 e. The van der Waals surface area contributed by atoms with Crippen LogP contribution in [0.3, 0.4) is 0 Å². The quantitative estimate of drug-likeness (QED) is 0.800. The number of carbonyl (C=O) groups excluding carboxylic acids is 1. The highest BCUT2D eigenvalue weighted by Crippen LogP contribution is 2.11. The van der Waals surface area contributed by atoms with Gasteiger partial charge in [0.1, 0.15) is 11.6 Å². The molecular formula is C13H22N4O2. The molecule has 0 radical (unpaired) electrons. The highest BCUT2D eigenvalue weighted by atomic mass is 16.2. The Hall–Kier alpha value is -1.85. The van der Waals surface area contributed by atoms with Crippen molar-refractivity contribution in [3.8, 4) is 0 Å². The minimum absolute atomic E-state index is 0.0717.